The Labute approximate surface area is 89.5 Å². The summed E-state index contributed by atoms with van der Waals surface area (Å²) in [5.41, 5.74) is 0.927. The largest absolute Gasteiger partial charge is 0.336 e. The lowest BCUT2D eigenvalue weighted by molar-refractivity contribution is -0.129. The van der Waals surface area contributed by atoms with Gasteiger partial charge in [-0.1, -0.05) is 42.3 Å². The van der Waals surface area contributed by atoms with Crippen molar-refractivity contribution in [3.8, 4) is 0 Å². The number of alkyl halides is 2. The van der Waals surface area contributed by atoms with Crippen LogP contribution in [0.3, 0.4) is 0 Å². The number of carbonyl (C=O) groups is 1. The molecule has 2 nitrogen and oxygen atoms in total. The molecular formula is C9H15Cl2NO. The second-order valence-corrected chi connectivity index (χ2v) is 4.11. The van der Waals surface area contributed by atoms with E-state index in [4.69, 9.17) is 23.2 Å². The average molecular weight is 224 g/mol. The lowest BCUT2D eigenvalue weighted by Crippen LogP contribution is -2.36. The molecule has 0 aromatic heterocycles. The first kappa shape index (κ1) is 12.8. The molecule has 0 rings (SSSR count). The summed E-state index contributed by atoms with van der Waals surface area (Å²) in [5.74, 6) is -0.242. The van der Waals surface area contributed by atoms with Crippen molar-refractivity contribution in [1.82, 2.24) is 4.90 Å². The molecule has 0 saturated heterocycles. The van der Waals surface area contributed by atoms with Crippen LogP contribution in [-0.4, -0.2) is 28.7 Å². The first-order valence-electron chi connectivity index (χ1n) is 4.20. The van der Waals surface area contributed by atoms with E-state index >= 15 is 0 Å². The van der Waals surface area contributed by atoms with Gasteiger partial charge in [-0.25, -0.2) is 0 Å². The van der Waals surface area contributed by atoms with Gasteiger partial charge in [-0.3, -0.25) is 4.79 Å². The van der Waals surface area contributed by atoms with Gasteiger partial charge >= 0.3 is 0 Å². The highest BCUT2D eigenvalue weighted by Crippen LogP contribution is 2.09. The molecule has 0 atom stereocenters. The van der Waals surface area contributed by atoms with Gasteiger partial charge in [0.2, 0.25) is 0 Å². The molecule has 0 fully saturated rings. The molecule has 0 unspecified atom stereocenters. The Balaban J connectivity index is 4.23. The number of nitrogens with zero attached hydrogens (tertiary/aromatic N) is 1. The number of halogens is 2. The Bertz CT molecular complexity index is 192. The first-order chi connectivity index (χ1) is 5.99. The molecule has 4 heteroatoms. The molecule has 13 heavy (non-hydrogen) atoms. The van der Waals surface area contributed by atoms with Crippen LogP contribution in [0, 0.1) is 0 Å². The van der Waals surface area contributed by atoms with Gasteiger partial charge in [0.1, 0.15) is 0 Å². The highest BCUT2D eigenvalue weighted by molar-refractivity contribution is 6.53. The predicted octanol–water partition coefficient (Wildman–Crippen LogP) is 2.60. The minimum Gasteiger partial charge on any atom is -0.336 e. The van der Waals surface area contributed by atoms with Gasteiger partial charge in [0.25, 0.3) is 5.91 Å². The number of carbonyl (C=O) groups excluding carboxylic acids is 1. The van der Waals surface area contributed by atoms with Crippen LogP contribution in [0.1, 0.15) is 20.3 Å². The summed E-state index contributed by atoms with van der Waals surface area (Å²) >= 11 is 11.0. The number of hydrogen-bond donors (Lipinski definition) is 0. The van der Waals surface area contributed by atoms with Gasteiger partial charge in [0.05, 0.1) is 0 Å². The summed E-state index contributed by atoms with van der Waals surface area (Å²) in [4.78, 5) is 12.0. The fourth-order valence-corrected chi connectivity index (χ4v) is 1.28. The molecule has 0 N–H and O–H groups in total. The molecule has 0 aliphatic carbocycles. The lowest BCUT2D eigenvalue weighted by atomic mass is 10.3. The first-order valence-corrected chi connectivity index (χ1v) is 5.07. The van der Waals surface area contributed by atoms with Gasteiger partial charge < -0.3 is 4.90 Å². The van der Waals surface area contributed by atoms with Gasteiger partial charge in [0.15, 0.2) is 4.84 Å². The van der Waals surface area contributed by atoms with Gasteiger partial charge in [0, 0.05) is 13.1 Å². The summed E-state index contributed by atoms with van der Waals surface area (Å²) in [6, 6.07) is 0. The molecule has 0 saturated carbocycles. The lowest BCUT2D eigenvalue weighted by Gasteiger charge is -2.22. The van der Waals surface area contributed by atoms with Crippen LogP contribution in [0.15, 0.2) is 12.2 Å². The molecule has 0 aromatic rings. The Morgan fingerprint density at radius 2 is 2.08 bits per heavy atom. The Morgan fingerprint density at radius 3 is 2.38 bits per heavy atom. The fourth-order valence-electron chi connectivity index (χ4n) is 1.00. The molecule has 0 spiro atoms. The number of rotatable bonds is 5. The smallest absolute Gasteiger partial charge is 0.256 e. The van der Waals surface area contributed by atoms with Gasteiger partial charge in [-0.05, 0) is 13.3 Å². The predicted molar refractivity (Wildman–Crippen MR) is 57.2 cm³/mol. The zero-order valence-electron chi connectivity index (χ0n) is 8.02. The molecule has 0 aromatic carbocycles. The van der Waals surface area contributed by atoms with Gasteiger partial charge in [-0.15, -0.1) is 0 Å². The van der Waals surface area contributed by atoms with E-state index in [-0.39, 0.29) is 5.91 Å². The zero-order chi connectivity index (χ0) is 10.4. The van der Waals surface area contributed by atoms with E-state index in [0.717, 1.165) is 12.0 Å². The third-order valence-electron chi connectivity index (χ3n) is 1.45. The Hall–Kier alpha value is -0.210. The summed E-state index contributed by atoms with van der Waals surface area (Å²) in [6.07, 6.45) is 0.888. The maximum absolute atomic E-state index is 11.4. The highest BCUT2D eigenvalue weighted by atomic mass is 35.5. The Morgan fingerprint density at radius 1 is 1.54 bits per heavy atom. The van der Waals surface area contributed by atoms with Crippen molar-refractivity contribution in [1.29, 1.82) is 0 Å². The topological polar surface area (TPSA) is 20.3 Å². The van der Waals surface area contributed by atoms with Crippen LogP contribution < -0.4 is 0 Å². The Kier molecular flexibility index (Phi) is 6.17. The second kappa shape index (κ2) is 6.28. The van der Waals surface area contributed by atoms with E-state index in [0.29, 0.717) is 13.1 Å². The van der Waals surface area contributed by atoms with E-state index in [2.05, 4.69) is 6.58 Å². The number of hydrogen-bond acceptors (Lipinski definition) is 1. The minimum atomic E-state index is -0.967. The van der Waals surface area contributed by atoms with Crippen LogP contribution in [0.5, 0.6) is 0 Å². The maximum atomic E-state index is 11.4. The molecule has 0 aliphatic heterocycles. The van der Waals surface area contributed by atoms with Crippen molar-refractivity contribution in [2.75, 3.05) is 13.1 Å². The van der Waals surface area contributed by atoms with Crippen LogP contribution in [0.2, 0.25) is 0 Å². The SMILES string of the molecule is C=C(C)CN(CCC)C(=O)C(Cl)Cl. The maximum Gasteiger partial charge on any atom is 0.256 e. The average Bonchev–Trinajstić information content (AvgIpc) is 2.01. The summed E-state index contributed by atoms with van der Waals surface area (Å²) < 4.78 is 0. The van der Waals surface area contributed by atoms with Crippen molar-refractivity contribution >= 4 is 29.1 Å². The summed E-state index contributed by atoms with van der Waals surface area (Å²) in [6.45, 7) is 8.80. The number of amides is 1. The van der Waals surface area contributed by atoms with Crippen LogP contribution in [0.25, 0.3) is 0 Å². The highest BCUT2D eigenvalue weighted by Gasteiger charge is 2.18. The molecule has 1 amide bonds. The van der Waals surface area contributed by atoms with Crippen molar-refractivity contribution in [3.63, 3.8) is 0 Å². The normalized spacial score (nSPS) is 10.2. The third kappa shape index (κ3) is 5.17. The molecule has 0 radical (unpaired) electrons. The molecule has 0 bridgehead atoms. The zero-order valence-corrected chi connectivity index (χ0v) is 9.53. The third-order valence-corrected chi connectivity index (χ3v) is 1.83. The molecule has 0 heterocycles. The summed E-state index contributed by atoms with van der Waals surface area (Å²) in [7, 11) is 0. The van der Waals surface area contributed by atoms with Crippen molar-refractivity contribution in [2.24, 2.45) is 0 Å². The van der Waals surface area contributed by atoms with Crippen LogP contribution in [-0.2, 0) is 4.79 Å². The minimum absolute atomic E-state index is 0.242. The molecule has 76 valence electrons. The van der Waals surface area contributed by atoms with Crippen molar-refractivity contribution in [3.05, 3.63) is 12.2 Å². The van der Waals surface area contributed by atoms with E-state index in [1.807, 2.05) is 13.8 Å². The van der Waals surface area contributed by atoms with E-state index in [9.17, 15) is 4.79 Å². The fraction of sp³-hybridized carbons (Fsp3) is 0.667. The molecular weight excluding hydrogens is 209 g/mol. The van der Waals surface area contributed by atoms with E-state index in [1.165, 1.54) is 0 Å². The quantitative estimate of drug-likeness (QED) is 0.519. The monoisotopic (exact) mass is 223 g/mol. The van der Waals surface area contributed by atoms with E-state index < -0.39 is 4.84 Å². The summed E-state index contributed by atoms with van der Waals surface area (Å²) in [5, 5.41) is 0. The van der Waals surface area contributed by atoms with Crippen molar-refractivity contribution < 1.29 is 4.79 Å². The van der Waals surface area contributed by atoms with Crippen LogP contribution in [0.4, 0.5) is 0 Å². The van der Waals surface area contributed by atoms with Gasteiger partial charge in [-0.2, -0.15) is 0 Å². The second-order valence-electron chi connectivity index (χ2n) is 3.02. The standard InChI is InChI=1S/C9H15Cl2NO/c1-4-5-12(6-7(2)3)9(13)8(10)11/h8H,2,4-6H2,1,3H3. The van der Waals surface area contributed by atoms with Crippen molar-refractivity contribution in [2.45, 2.75) is 25.1 Å². The molecule has 0 aliphatic rings. The van der Waals surface area contributed by atoms with Crippen LogP contribution >= 0.6 is 23.2 Å². The van der Waals surface area contributed by atoms with E-state index in [1.54, 1.807) is 4.90 Å².